The molecular weight excluding hydrogens is 108 g/mol. The fourth-order valence-corrected chi connectivity index (χ4v) is 0.246. The van der Waals surface area contributed by atoms with Gasteiger partial charge in [-0.3, -0.25) is 9.59 Å². The van der Waals surface area contributed by atoms with Gasteiger partial charge in [-0.25, -0.2) is 0 Å². The molecule has 0 aliphatic rings. The minimum atomic E-state index is -0.956. The van der Waals surface area contributed by atoms with E-state index in [1.54, 1.807) is 0 Å². The summed E-state index contributed by atoms with van der Waals surface area (Å²) in [6, 6.07) is 0. The summed E-state index contributed by atoms with van der Waals surface area (Å²) in [5.74, 6) is -1.28. The monoisotopic (exact) mass is 115 g/mol. The van der Waals surface area contributed by atoms with Crippen molar-refractivity contribution in [1.82, 2.24) is 0 Å². The number of ketones is 1. The Labute approximate surface area is 47.3 Å². The number of carboxylic acids is 1. The van der Waals surface area contributed by atoms with E-state index in [2.05, 4.69) is 6.92 Å². The van der Waals surface area contributed by atoms with E-state index in [1.165, 1.54) is 0 Å². The number of Topliss-reactive ketones (excluding diaryl/α,β-unsaturated/α-hetero) is 1. The predicted molar refractivity (Wildman–Crippen MR) is 27.2 cm³/mol. The van der Waals surface area contributed by atoms with Crippen molar-refractivity contribution < 1.29 is 14.7 Å². The minimum Gasteiger partial charge on any atom is -0.481 e. The first-order valence-electron chi connectivity index (χ1n) is 2.19. The molecule has 45 valence electrons. The van der Waals surface area contributed by atoms with Gasteiger partial charge in [0.05, 0.1) is 6.42 Å². The normalized spacial score (nSPS) is 8.62. The lowest BCUT2D eigenvalue weighted by Gasteiger charge is -1.85. The van der Waals surface area contributed by atoms with Crippen molar-refractivity contribution in [1.29, 1.82) is 0 Å². The third-order valence-electron chi connectivity index (χ3n) is 0.618. The van der Waals surface area contributed by atoms with Crippen molar-refractivity contribution in [3.63, 3.8) is 0 Å². The maximum Gasteiger partial charge on any atom is 0.303 e. The lowest BCUT2D eigenvalue weighted by atomic mass is 10.2. The molecule has 0 atom stereocenters. The summed E-state index contributed by atoms with van der Waals surface area (Å²) in [5.41, 5.74) is 0. The molecular formula is C5H7O3. The van der Waals surface area contributed by atoms with Crippen LogP contribution in [0.2, 0.25) is 0 Å². The molecule has 0 saturated heterocycles. The van der Waals surface area contributed by atoms with Crippen molar-refractivity contribution in [3.8, 4) is 0 Å². The molecule has 3 nitrogen and oxygen atoms in total. The van der Waals surface area contributed by atoms with Crippen LogP contribution in [0.25, 0.3) is 0 Å². The molecule has 0 aromatic carbocycles. The van der Waals surface area contributed by atoms with E-state index in [1.807, 2.05) is 0 Å². The van der Waals surface area contributed by atoms with Gasteiger partial charge in [0.15, 0.2) is 0 Å². The number of hydrogen-bond acceptors (Lipinski definition) is 2. The lowest BCUT2D eigenvalue weighted by molar-refractivity contribution is -0.138. The zero-order valence-electron chi connectivity index (χ0n) is 4.39. The average Bonchev–Trinajstić information content (AvgIpc) is 1.61. The van der Waals surface area contributed by atoms with E-state index in [9.17, 15) is 9.59 Å². The smallest absolute Gasteiger partial charge is 0.303 e. The van der Waals surface area contributed by atoms with Gasteiger partial charge < -0.3 is 5.11 Å². The number of carbonyl (C=O) groups is 2. The van der Waals surface area contributed by atoms with Gasteiger partial charge in [-0.05, 0) is 0 Å². The molecule has 0 saturated carbocycles. The highest BCUT2D eigenvalue weighted by molar-refractivity contribution is 5.85. The molecule has 0 fully saturated rings. The van der Waals surface area contributed by atoms with E-state index in [-0.39, 0.29) is 18.6 Å². The molecule has 1 radical (unpaired) electrons. The zero-order chi connectivity index (χ0) is 6.57. The third kappa shape index (κ3) is 5.14. The van der Waals surface area contributed by atoms with Crippen molar-refractivity contribution in [2.45, 2.75) is 12.8 Å². The van der Waals surface area contributed by atoms with Crippen LogP contribution in [-0.2, 0) is 9.59 Å². The maximum absolute atomic E-state index is 9.97. The number of hydrogen-bond donors (Lipinski definition) is 1. The first-order chi connectivity index (χ1) is 3.63. The van der Waals surface area contributed by atoms with Crippen LogP contribution in [-0.4, -0.2) is 16.9 Å². The van der Waals surface area contributed by atoms with Crippen molar-refractivity contribution >= 4 is 11.8 Å². The van der Waals surface area contributed by atoms with Crippen LogP contribution in [0.4, 0.5) is 0 Å². The highest BCUT2D eigenvalue weighted by atomic mass is 16.4. The maximum atomic E-state index is 9.97. The quantitative estimate of drug-likeness (QED) is 0.573. The second kappa shape index (κ2) is 3.18. The van der Waals surface area contributed by atoms with E-state index in [0.717, 1.165) is 0 Å². The Hall–Kier alpha value is -0.860. The van der Waals surface area contributed by atoms with Gasteiger partial charge in [-0.2, -0.15) is 0 Å². The molecule has 0 bridgehead atoms. The number of aliphatic carboxylic acids is 1. The molecule has 0 aromatic rings. The third-order valence-corrected chi connectivity index (χ3v) is 0.618. The van der Waals surface area contributed by atoms with Gasteiger partial charge in [0.25, 0.3) is 0 Å². The highest BCUT2D eigenvalue weighted by Gasteiger charge is 1.97. The molecule has 0 unspecified atom stereocenters. The van der Waals surface area contributed by atoms with Crippen LogP contribution in [0.5, 0.6) is 0 Å². The van der Waals surface area contributed by atoms with Crippen LogP contribution < -0.4 is 0 Å². The average molecular weight is 115 g/mol. The van der Waals surface area contributed by atoms with Crippen molar-refractivity contribution in [2.24, 2.45) is 0 Å². The number of carboxylic acid groups (broad SMARTS) is 1. The van der Waals surface area contributed by atoms with Gasteiger partial charge in [-0.1, -0.05) is 0 Å². The number of rotatable bonds is 3. The summed E-state index contributed by atoms with van der Waals surface area (Å²) in [6.07, 6.45) is -0.0718. The van der Waals surface area contributed by atoms with Crippen LogP contribution in [0, 0.1) is 6.92 Å². The van der Waals surface area contributed by atoms with Crippen LogP contribution in [0.1, 0.15) is 12.8 Å². The summed E-state index contributed by atoms with van der Waals surface area (Å²) < 4.78 is 0. The fourth-order valence-electron chi connectivity index (χ4n) is 0.246. The van der Waals surface area contributed by atoms with E-state index in [4.69, 9.17) is 5.11 Å². The predicted octanol–water partition coefficient (Wildman–Crippen LogP) is 0.254. The Balaban J connectivity index is 3.18. The van der Waals surface area contributed by atoms with Crippen molar-refractivity contribution in [3.05, 3.63) is 6.92 Å². The van der Waals surface area contributed by atoms with Gasteiger partial charge in [0.2, 0.25) is 0 Å². The summed E-state index contributed by atoms with van der Waals surface area (Å²) in [7, 11) is 0. The fraction of sp³-hybridized carbons (Fsp3) is 0.400. The Morgan fingerprint density at radius 2 is 1.88 bits per heavy atom. The molecule has 0 amide bonds. The summed E-state index contributed by atoms with van der Waals surface area (Å²) in [4.78, 5) is 19.7. The largest absolute Gasteiger partial charge is 0.481 e. The molecule has 0 aliphatic carbocycles. The summed E-state index contributed by atoms with van der Waals surface area (Å²) in [6.45, 7) is 3.01. The first-order valence-corrected chi connectivity index (χ1v) is 2.19. The highest BCUT2D eigenvalue weighted by Crippen LogP contribution is 1.87. The van der Waals surface area contributed by atoms with Gasteiger partial charge in [-0.15, -0.1) is 0 Å². The number of carbonyl (C=O) groups excluding carboxylic acids is 1. The lowest BCUT2D eigenvalue weighted by Crippen LogP contribution is -1.98. The Kier molecular flexibility index (Phi) is 2.84. The summed E-state index contributed by atoms with van der Waals surface area (Å²) in [5, 5.41) is 7.98. The van der Waals surface area contributed by atoms with Crippen LogP contribution in [0.15, 0.2) is 0 Å². The SMILES string of the molecule is [CH2]C(=O)CCC(=O)O. The zero-order valence-corrected chi connectivity index (χ0v) is 4.39. The van der Waals surface area contributed by atoms with Gasteiger partial charge in [0.1, 0.15) is 5.78 Å². The van der Waals surface area contributed by atoms with E-state index < -0.39 is 5.97 Å². The molecule has 0 aromatic heterocycles. The topological polar surface area (TPSA) is 54.4 Å². The molecule has 0 aliphatic heterocycles. The molecule has 8 heavy (non-hydrogen) atoms. The second-order valence-corrected chi connectivity index (χ2v) is 1.43. The first kappa shape index (κ1) is 7.14. The standard InChI is InChI=1S/C5H7O3/c1-4(6)2-3-5(7)8/h1-3H2,(H,7,8). The molecule has 3 heteroatoms. The van der Waals surface area contributed by atoms with Gasteiger partial charge in [0, 0.05) is 13.3 Å². The Morgan fingerprint density at radius 3 is 2.00 bits per heavy atom. The van der Waals surface area contributed by atoms with Crippen LogP contribution >= 0.6 is 0 Å². The Morgan fingerprint density at radius 1 is 1.38 bits per heavy atom. The second-order valence-electron chi connectivity index (χ2n) is 1.43. The van der Waals surface area contributed by atoms with E-state index in [0.29, 0.717) is 0 Å². The molecule has 0 rings (SSSR count). The van der Waals surface area contributed by atoms with E-state index >= 15 is 0 Å². The van der Waals surface area contributed by atoms with Crippen LogP contribution in [0.3, 0.4) is 0 Å². The van der Waals surface area contributed by atoms with Crippen molar-refractivity contribution in [2.75, 3.05) is 0 Å². The summed E-state index contributed by atoms with van der Waals surface area (Å²) >= 11 is 0. The Bertz CT molecular complexity index is 92.2. The minimum absolute atomic E-state index is 0.0370. The molecule has 0 heterocycles. The molecule has 1 N–H and O–H groups in total. The van der Waals surface area contributed by atoms with Gasteiger partial charge >= 0.3 is 5.97 Å². The molecule has 0 spiro atoms.